The van der Waals surface area contributed by atoms with Gasteiger partial charge >= 0.3 is 0 Å². The molecule has 2 nitrogen and oxygen atoms in total. The normalized spacial score (nSPS) is 29.4. The molecule has 1 fully saturated rings. The van der Waals surface area contributed by atoms with Crippen molar-refractivity contribution in [2.75, 3.05) is 20.7 Å². The number of methoxy groups -OCH3 is 1. The minimum atomic E-state index is -0.380. The van der Waals surface area contributed by atoms with E-state index in [1.165, 1.54) is 43.2 Å². The van der Waals surface area contributed by atoms with E-state index < -0.39 is 0 Å². The van der Waals surface area contributed by atoms with Gasteiger partial charge in [-0.25, -0.2) is 0 Å². The Morgan fingerprint density at radius 2 is 2.12 bits per heavy atom. The van der Waals surface area contributed by atoms with Crippen LogP contribution in [0.1, 0.15) is 50.2 Å². The van der Waals surface area contributed by atoms with Gasteiger partial charge in [0.05, 0.1) is 22.8 Å². The molecule has 0 N–H and O–H groups in total. The van der Waals surface area contributed by atoms with Gasteiger partial charge in [-0.1, -0.05) is 31.7 Å². The third-order valence-electron chi connectivity index (χ3n) is 6.60. The van der Waals surface area contributed by atoms with Gasteiger partial charge in [0.25, 0.3) is 0 Å². The minimum absolute atomic E-state index is 0.253. The number of nitrogens with zero attached hydrogens (tertiary/aromatic N) is 1. The van der Waals surface area contributed by atoms with Crippen molar-refractivity contribution in [1.29, 1.82) is 0 Å². The van der Waals surface area contributed by atoms with Gasteiger partial charge < -0.3 is 9.64 Å². The number of hydrogen-bond donors (Lipinski definition) is 0. The summed E-state index contributed by atoms with van der Waals surface area (Å²) in [7, 11) is 15.5. The molecule has 2 aliphatic carbocycles. The maximum absolute atomic E-state index is 5.87. The van der Waals surface area contributed by atoms with E-state index >= 15 is 0 Å². The molecule has 126 valence electrons. The van der Waals surface area contributed by atoms with Gasteiger partial charge in [-0.15, -0.1) is 0 Å². The predicted molar refractivity (Wildman–Crippen MR) is 102 cm³/mol. The van der Waals surface area contributed by atoms with Gasteiger partial charge in [-0.05, 0) is 74.4 Å². The first-order valence-corrected chi connectivity index (χ1v) is 9.37. The Labute approximate surface area is 150 Å². The summed E-state index contributed by atoms with van der Waals surface area (Å²) in [5.41, 5.74) is 3.30. The van der Waals surface area contributed by atoms with Crippen molar-refractivity contribution in [3.05, 3.63) is 29.3 Å². The molecule has 4 heteroatoms. The van der Waals surface area contributed by atoms with Crippen LogP contribution in [-0.4, -0.2) is 47.1 Å². The van der Waals surface area contributed by atoms with E-state index in [0.717, 1.165) is 30.6 Å². The summed E-state index contributed by atoms with van der Waals surface area (Å²) < 4.78 is 5.55. The van der Waals surface area contributed by atoms with Gasteiger partial charge in [0, 0.05) is 5.41 Å². The molecule has 0 aliphatic heterocycles. The van der Waals surface area contributed by atoms with Crippen LogP contribution in [0, 0.1) is 11.8 Å². The summed E-state index contributed by atoms with van der Waals surface area (Å²) in [6.45, 7) is 3.38. The van der Waals surface area contributed by atoms with Crippen molar-refractivity contribution in [2.24, 2.45) is 11.8 Å². The molecule has 1 unspecified atom stereocenters. The van der Waals surface area contributed by atoms with Gasteiger partial charge in [0.1, 0.15) is 5.75 Å². The van der Waals surface area contributed by atoms with Crippen LogP contribution in [-0.2, 0) is 11.8 Å². The summed E-state index contributed by atoms with van der Waals surface area (Å²) in [4.78, 5) is 2.07. The Morgan fingerprint density at radius 1 is 1.33 bits per heavy atom. The monoisotopic (exact) mass is 321 g/mol. The first kappa shape index (κ1) is 17.9. The molecular weight excluding hydrogens is 292 g/mol. The molecule has 24 heavy (non-hydrogen) atoms. The molecule has 2 aliphatic rings. The number of fused-ring (bicyclic) bond motifs is 3. The number of benzene rings is 1. The van der Waals surface area contributed by atoms with Gasteiger partial charge in [-0.3, -0.25) is 0 Å². The maximum Gasteiger partial charge on any atom is 0.119 e. The summed E-state index contributed by atoms with van der Waals surface area (Å²) in [5, 5.41) is 0. The Balaban J connectivity index is 2.00. The lowest BCUT2D eigenvalue weighted by Gasteiger charge is -2.52. The first-order valence-electron chi connectivity index (χ1n) is 9.37. The van der Waals surface area contributed by atoms with Crippen molar-refractivity contribution in [2.45, 2.75) is 56.7 Å². The number of rotatable bonds is 5. The summed E-state index contributed by atoms with van der Waals surface area (Å²) >= 11 is 0. The summed E-state index contributed by atoms with van der Waals surface area (Å²) in [6.07, 6.45) is 7.62. The highest BCUT2D eigenvalue weighted by molar-refractivity contribution is 6.35. The molecule has 1 saturated carbocycles. The third-order valence-corrected chi connectivity index (χ3v) is 6.60. The Morgan fingerprint density at radius 3 is 2.83 bits per heavy atom. The topological polar surface area (TPSA) is 12.5 Å². The van der Waals surface area contributed by atoms with Crippen molar-refractivity contribution in [3.8, 4) is 5.75 Å². The molecule has 1 aromatic rings. The van der Waals surface area contributed by atoms with Gasteiger partial charge in [0.2, 0.25) is 0 Å². The molecule has 3 atom stereocenters. The average molecular weight is 321 g/mol. The van der Waals surface area contributed by atoms with Crippen LogP contribution in [0.25, 0.3) is 0 Å². The standard InChI is InChI=1S/C20H29B2NO/c1-14-12-15-7-8-16(24-3)13-18(15)20(9-5-4-6-17(14)20)10-11-23(2)19(21)22/h7-8,13-14,17,19H,4-6,9-12H2,1-3H3/t14-,17?,20-/m0/s1. The van der Waals surface area contributed by atoms with E-state index in [0.29, 0.717) is 0 Å². The predicted octanol–water partition coefficient (Wildman–Crippen LogP) is 3.26. The molecule has 4 radical (unpaired) electrons. The smallest absolute Gasteiger partial charge is 0.119 e. The number of hydrogen-bond acceptors (Lipinski definition) is 2. The molecule has 0 saturated heterocycles. The van der Waals surface area contributed by atoms with Crippen LogP contribution < -0.4 is 4.74 Å². The van der Waals surface area contributed by atoms with Gasteiger partial charge in [0.15, 0.2) is 0 Å². The second-order valence-electron chi connectivity index (χ2n) is 7.93. The lowest BCUT2D eigenvalue weighted by Crippen LogP contribution is -2.48. The van der Waals surface area contributed by atoms with Crippen LogP contribution in [0.3, 0.4) is 0 Å². The van der Waals surface area contributed by atoms with Gasteiger partial charge in [-0.2, -0.15) is 0 Å². The van der Waals surface area contributed by atoms with Crippen molar-refractivity contribution in [3.63, 3.8) is 0 Å². The summed E-state index contributed by atoms with van der Waals surface area (Å²) in [6, 6.07) is 6.71. The van der Waals surface area contributed by atoms with E-state index in [2.05, 4.69) is 30.0 Å². The van der Waals surface area contributed by atoms with Crippen LogP contribution in [0.4, 0.5) is 0 Å². The van der Waals surface area contributed by atoms with Crippen LogP contribution >= 0.6 is 0 Å². The Hall–Kier alpha value is -0.890. The third kappa shape index (κ3) is 3.14. The lowest BCUT2D eigenvalue weighted by molar-refractivity contribution is 0.0925. The Bertz CT molecular complexity index is 577. The van der Waals surface area contributed by atoms with E-state index in [1.54, 1.807) is 7.11 Å². The van der Waals surface area contributed by atoms with Crippen molar-refractivity contribution >= 4 is 15.7 Å². The zero-order chi connectivity index (χ0) is 17.3. The summed E-state index contributed by atoms with van der Waals surface area (Å²) in [5.74, 6) is 2.10. The van der Waals surface area contributed by atoms with Crippen LogP contribution in [0.15, 0.2) is 18.2 Å². The molecule has 0 bridgehead atoms. The molecular formula is C20H29B2NO. The fraction of sp³-hybridized carbons (Fsp3) is 0.700. The zero-order valence-electron chi connectivity index (χ0n) is 15.4. The second-order valence-corrected chi connectivity index (χ2v) is 7.93. The minimum Gasteiger partial charge on any atom is -0.497 e. The van der Waals surface area contributed by atoms with Crippen LogP contribution in [0.2, 0.25) is 0 Å². The largest absolute Gasteiger partial charge is 0.497 e. The second kappa shape index (κ2) is 7.15. The highest BCUT2D eigenvalue weighted by Crippen LogP contribution is 2.54. The Kier molecular flexibility index (Phi) is 5.34. The lowest BCUT2D eigenvalue weighted by atomic mass is 9.53. The number of ether oxygens (including phenoxy) is 1. The van der Waals surface area contributed by atoms with Crippen LogP contribution in [0.5, 0.6) is 5.75 Å². The molecule has 1 aromatic carbocycles. The van der Waals surface area contributed by atoms with E-state index in [1.807, 2.05) is 7.05 Å². The zero-order valence-corrected chi connectivity index (χ0v) is 15.4. The molecule has 0 heterocycles. The molecule has 0 spiro atoms. The van der Waals surface area contributed by atoms with Crippen molar-refractivity contribution < 1.29 is 4.74 Å². The highest BCUT2D eigenvalue weighted by Gasteiger charge is 2.48. The first-order chi connectivity index (χ1) is 11.5. The maximum atomic E-state index is 5.87. The average Bonchev–Trinajstić information content (AvgIpc) is 2.59. The van der Waals surface area contributed by atoms with E-state index in [4.69, 9.17) is 20.4 Å². The van der Waals surface area contributed by atoms with Crippen molar-refractivity contribution in [1.82, 2.24) is 4.90 Å². The fourth-order valence-electron chi connectivity index (χ4n) is 5.21. The highest BCUT2D eigenvalue weighted by atomic mass is 16.5. The van der Waals surface area contributed by atoms with E-state index in [9.17, 15) is 0 Å². The van der Waals surface area contributed by atoms with E-state index in [-0.39, 0.29) is 11.3 Å². The molecule has 0 amide bonds. The quantitative estimate of drug-likeness (QED) is 0.772. The molecule has 3 rings (SSSR count). The molecule has 0 aromatic heterocycles. The SMILES string of the molecule is [B]C([B])N(C)CC[C@@]12CCCCC1[C@@H](C)Cc1ccc(OC)cc12. The fourth-order valence-corrected chi connectivity index (χ4v) is 5.21.